The topological polar surface area (TPSA) is 47.4 Å². The van der Waals surface area contributed by atoms with Gasteiger partial charge in [-0.15, -0.1) is 0 Å². The van der Waals surface area contributed by atoms with Crippen molar-refractivity contribution in [1.29, 1.82) is 0 Å². The Morgan fingerprint density at radius 2 is 2.12 bits per heavy atom. The zero-order valence-electron chi connectivity index (χ0n) is 9.67. The van der Waals surface area contributed by atoms with Crippen LogP contribution in [-0.4, -0.2) is 45.9 Å². The molecule has 88 valence electrons. The molecule has 5 heteroatoms. The van der Waals surface area contributed by atoms with E-state index in [0.29, 0.717) is 19.6 Å². The van der Waals surface area contributed by atoms with Gasteiger partial charge >= 0.3 is 0 Å². The maximum absolute atomic E-state index is 12.0. The Morgan fingerprint density at radius 1 is 1.44 bits per heavy atom. The van der Waals surface area contributed by atoms with Crippen molar-refractivity contribution in [2.45, 2.75) is 32.6 Å². The van der Waals surface area contributed by atoms with Crippen LogP contribution in [0.1, 0.15) is 13.8 Å². The van der Waals surface area contributed by atoms with Crippen molar-refractivity contribution in [2.75, 3.05) is 13.1 Å². The van der Waals surface area contributed by atoms with Gasteiger partial charge in [-0.05, 0) is 19.9 Å². The van der Waals surface area contributed by atoms with E-state index in [1.807, 2.05) is 24.8 Å². The summed E-state index contributed by atoms with van der Waals surface area (Å²) in [5.41, 5.74) is 0. The summed E-state index contributed by atoms with van der Waals surface area (Å²) in [4.78, 5) is 13.8. The third-order valence-corrected chi connectivity index (χ3v) is 2.63. The Bertz CT molecular complexity index is 340. The van der Waals surface area contributed by atoms with Crippen molar-refractivity contribution in [3.63, 3.8) is 0 Å². The first-order valence-corrected chi connectivity index (χ1v) is 5.56. The second-order valence-electron chi connectivity index (χ2n) is 4.26. The van der Waals surface area contributed by atoms with E-state index in [2.05, 4.69) is 5.10 Å². The van der Waals surface area contributed by atoms with Crippen molar-refractivity contribution >= 4 is 5.91 Å². The Labute approximate surface area is 95.0 Å². The molecule has 2 atom stereocenters. The van der Waals surface area contributed by atoms with Crippen LogP contribution in [0.2, 0.25) is 0 Å². The number of hydrogen-bond donors (Lipinski definition) is 0. The highest BCUT2D eigenvalue weighted by Gasteiger charge is 2.25. The van der Waals surface area contributed by atoms with E-state index in [9.17, 15) is 4.79 Å². The minimum absolute atomic E-state index is 0.103. The van der Waals surface area contributed by atoms with E-state index in [-0.39, 0.29) is 18.1 Å². The molecule has 1 aromatic heterocycles. The smallest absolute Gasteiger partial charge is 0.244 e. The number of rotatable bonds is 2. The van der Waals surface area contributed by atoms with E-state index in [0.717, 1.165) is 0 Å². The molecule has 5 nitrogen and oxygen atoms in total. The molecule has 2 heterocycles. The van der Waals surface area contributed by atoms with Crippen molar-refractivity contribution < 1.29 is 9.53 Å². The van der Waals surface area contributed by atoms with Gasteiger partial charge in [-0.1, -0.05) is 0 Å². The van der Waals surface area contributed by atoms with Crippen LogP contribution in [-0.2, 0) is 16.1 Å². The summed E-state index contributed by atoms with van der Waals surface area (Å²) >= 11 is 0. The average Bonchev–Trinajstić information content (AvgIpc) is 2.68. The van der Waals surface area contributed by atoms with E-state index >= 15 is 0 Å². The van der Waals surface area contributed by atoms with Crippen molar-refractivity contribution in [3.05, 3.63) is 18.5 Å². The van der Waals surface area contributed by atoms with Crippen LogP contribution in [0.25, 0.3) is 0 Å². The summed E-state index contributed by atoms with van der Waals surface area (Å²) in [5, 5.41) is 4.03. The van der Waals surface area contributed by atoms with E-state index in [1.165, 1.54) is 0 Å². The van der Waals surface area contributed by atoms with Gasteiger partial charge in [0.2, 0.25) is 5.91 Å². The monoisotopic (exact) mass is 223 g/mol. The summed E-state index contributed by atoms with van der Waals surface area (Å²) in [6, 6.07) is 1.82. The van der Waals surface area contributed by atoms with Crippen LogP contribution in [0.3, 0.4) is 0 Å². The van der Waals surface area contributed by atoms with Gasteiger partial charge in [-0.3, -0.25) is 9.48 Å². The highest BCUT2D eigenvalue weighted by atomic mass is 16.5. The normalized spacial score (nSPS) is 25.8. The summed E-state index contributed by atoms with van der Waals surface area (Å²) in [7, 11) is 0. The van der Waals surface area contributed by atoms with Gasteiger partial charge in [0.15, 0.2) is 0 Å². The molecule has 0 radical (unpaired) electrons. The number of amides is 1. The van der Waals surface area contributed by atoms with Crippen LogP contribution in [0, 0.1) is 0 Å². The van der Waals surface area contributed by atoms with Crippen LogP contribution >= 0.6 is 0 Å². The number of ether oxygens (including phenoxy) is 1. The van der Waals surface area contributed by atoms with E-state index in [1.54, 1.807) is 17.1 Å². The first-order chi connectivity index (χ1) is 7.65. The quantitative estimate of drug-likeness (QED) is 0.734. The molecule has 0 bridgehead atoms. The third-order valence-electron chi connectivity index (χ3n) is 2.63. The molecule has 0 saturated carbocycles. The van der Waals surface area contributed by atoms with Crippen molar-refractivity contribution in [2.24, 2.45) is 0 Å². The Morgan fingerprint density at radius 3 is 2.69 bits per heavy atom. The van der Waals surface area contributed by atoms with Crippen LogP contribution in [0.5, 0.6) is 0 Å². The summed E-state index contributed by atoms with van der Waals surface area (Å²) < 4.78 is 7.23. The largest absolute Gasteiger partial charge is 0.372 e. The maximum atomic E-state index is 12.0. The molecule has 0 N–H and O–H groups in total. The average molecular weight is 223 g/mol. The lowest BCUT2D eigenvalue weighted by Gasteiger charge is -2.35. The number of nitrogens with zero attached hydrogens (tertiary/aromatic N) is 3. The molecular weight excluding hydrogens is 206 g/mol. The standard InChI is InChI=1S/C11H17N3O2/c1-9-6-13(7-10(2)16-9)11(15)8-14-5-3-4-12-14/h3-5,9-10H,6-8H2,1-2H3/t9-,10-/m1/s1. The first kappa shape index (κ1) is 11.1. The van der Waals surface area contributed by atoms with E-state index < -0.39 is 0 Å². The van der Waals surface area contributed by atoms with Gasteiger partial charge in [0.25, 0.3) is 0 Å². The molecule has 1 aliphatic heterocycles. The van der Waals surface area contributed by atoms with Crippen molar-refractivity contribution in [3.8, 4) is 0 Å². The van der Waals surface area contributed by atoms with Gasteiger partial charge in [0.1, 0.15) is 6.54 Å². The number of aromatic nitrogens is 2. The Balaban J connectivity index is 1.94. The molecule has 1 aromatic rings. The fourth-order valence-corrected chi connectivity index (χ4v) is 2.01. The predicted molar refractivity (Wildman–Crippen MR) is 58.8 cm³/mol. The molecule has 16 heavy (non-hydrogen) atoms. The molecule has 1 saturated heterocycles. The lowest BCUT2D eigenvalue weighted by Crippen LogP contribution is -2.49. The van der Waals surface area contributed by atoms with Crippen LogP contribution < -0.4 is 0 Å². The Kier molecular flexibility index (Phi) is 3.24. The summed E-state index contributed by atoms with van der Waals surface area (Å²) in [6.45, 7) is 5.63. The minimum atomic E-state index is 0.103. The molecule has 2 rings (SSSR count). The summed E-state index contributed by atoms with van der Waals surface area (Å²) in [6.07, 6.45) is 3.71. The molecule has 1 fully saturated rings. The van der Waals surface area contributed by atoms with Gasteiger partial charge in [0.05, 0.1) is 12.2 Å². The van der Waals surface area contributed by atoms with Crippen LogP contribution in [0.15, 0.2) is 18.5 Å². The molecule has 0 aliphatic carbocycles. The fourth-order valence-electron chi connectivity index (χ4n) is 2.01. The van der Waals surface area contributed by atoms with Crippen molar-refractivity contribution in [1.82, 2.24) is 14.7 Å². The molecule has 0 spiro atoms. The third kappa shape index (κ3) is 2.61. The maximum Gasteiger partial charge on any atom is 0.244 e. The summed E-state index contributed by atoms with van der Waals surface area (Å²) in [5.74, 6) is 0.103. The number of hydrogen-bond acceptors (Lipinski definition) is 3. The predicted octanol–water partition coefficient (Wildman–Crippen LogP) is 0.519. The Hall–Kier alpha value is -1.36. The van der Waals surface area contributed by atoms with Gasteiger partial charge in [-0.2, -0.15) is 5.10 Å². The molecule has 1 aliphatic rings. The first-order valence-electron chi connectivity index (χ1n) is 5.56. The highest BCUT2D eigenvalue weighted by molar-refractivity contribution is 5.76. The second kappa shape index (κ2) is 4.65. The zero-order chi connectivity index (χ0) is 11.5. The lowest BCUT2D eigenvalue weighted by atomic mass is 10.2. The second-order valence-corrected chi connectivity index (χ2v) is 4.26. The number of morpholine rings is 1. The van der Waals surface area contributed by atoms with Crippen LogP contribution in [0.4, 0.5) is 0 Å². The molecule has 0 unspecified atom stereocenters. The number of carbonyl (C=O) groups excluding carboxylic acids is 1. The SMILES string of the molecule is C[C@@H]1CN(C(=O)Cn2cccn2)C[C@@H](C)O1. The lowest BCUT2D eigenvalue weighted by molar-refractivity contribution is -0.144. The zero-order valence-corrected chi connectivity index (χ0v) is 9.67. The molecule has 1 amide bonds. The van der Waals surface area contributed by atoms with E-state index in [4.69, 9.17) is 4.74 Å². The van der Waals surface area contributed by atoms with Gasteiger partial charge < -0.3 is 9.64 Å². The highest BCUT2D eigenvalue weighted by Crippen LogP contribution is 2.11. The van der Waals surface area contributed by atoms with Gasteiger partial charge in [0, 0.05) is 25.5 Å². The molecular formula is C11H17N3O2. The number of carbonyl (C=O) groups is 1. The fraction of sp³-hybridized carbons (Fsp3) is 0.636. The minimum Gasteiger partial charge on any atom is -0.372 e. The molecule has 0 aromatic carbocycles. The van der Waals surface area contributed by atoms with Gasteiger partial charge in [-0.25, -0.2) is 0 Å².